The number of carbonyl (C=O) groups excluding carboxylic acids is 1. The maximum atomic E-state index is 12.5. The summed E-state index contributed by atoms with van der Waals surface area (Å²) in [7, 11) is -3.62. The Morgan fingerprint density at radius 1 is 1.00 bits per heavy atom. The highest BCUT2D eigenvalue weighted by Crippen LogP contribution is 2.20. The molecule has 1 fully saturated rings. The first kappa shape index (κ1) is 18.5. The van der Waals surface area contributed by atoms with Crippen molar-refractivity contribution in [3.05, 3.63) is 59.7 Å². The second-order valence-corrected chi connectivity index (χ2v) is 8.40. The number of aryl methyl sites for hydroxylation is 1. The van der Waals surface area contributed by atoms with Crippen molar-refractivity contribution >= 4 is 21.6 Å². The SMILES string of the molecule is CCCc1ccc(S(=O)(=O)Nc2ccc(CC(=O)NC3CC3)cc2)cc1. The van der Waals surface area contributed by atoms with Crippen molar-refractivity contribution < 1.29 is 13.2 Å². The van der Waals surface area contributed by atoms with E-state index in [1.165, 1.54) is 0 Å². The van der Waals surface area contributed by atoms with Gasteiger partial charge in [0.1, 0.15) is 0 Å². The molecule has 1 saturated carbocycles. The van der Waals surface area contributed by atoms with Gasteiger partial charge in [-0.15, -0.1) is 0 Å². The van der Waals surface area contributed by atoms with E-state index in [1.54, 1.807) is 36.4 Å². The molecule has 0 bridgehead atoms. The summed E-state index contributed by atoms with van der Waals surface area (Å²) in [5, 5.41) is 2.94. The maximum Gasteiger partial charge on any atom is 0.261 e. The molecule has 138 valence electrons. The minimum Gasteiger partial charge on any atom is -0.353 e. The average molecular weight is 372 g/mol. The summed E-state index contributed by atoms with van der Waals surface area (Å²) in [6.45, 7) is 2.09. The molecular formula is C20H24N2O3S. The largest absolute Gasteiger partial charge is 0.353 e. The van der Waals surface area contributed by atoms with E-state index >= 15 is 0 Å². The van der Waals surface area contributed by atoms with Gasteiger partial charge < -0.3 is 5.32 Å². The monoisotopic (exact) mass is 372 g/mol. The molecule has 0 aliphatic heterocycles. The zero-order valence-corrected chi connectivity index (χ0v) is 15.7. The van der Waals surface area contributed by atoms with E-state index in [1.807, 2.05) is 12.1 Å². The molecule has 6 heteroatoms. The molecule has 3 rings (SSSR count). The van der Waals surface area contributed by atoms with Crippen molar-refractivity contribution in [2.75, 3.05) is 4.72 Å². The highest BCUT2D eigenvalue weighted by molar-refractivity contribution is 7.92. The fraction of sp³-hybridized carbons (Fsp3) is 0.350. The van der Waals surface area contributed by atoms with Crippen molar-refractivity contribution in [2.45, 2.75) is 50.0 Å². The van der Waals surface area contributed by atoms with Gasteiger partial charge in [0.25, 0.3) is 10.0 Å². The van der Waals surface area contributed by atoms with E-state index in [-0.39, 0.29) is 10.8 Å². The Kier molecular flexibility index (Phi) is 5.61. The van der Waals surface area contributed by atoms with Crippen LogP contribution in [0.15, 0.2) is 53.4 Å². The standard InChI is InChI=1S/C20H24N2O3S/c1-2-3-15-6-12-19(13-7-15)26(24,25)22-18-8-4-16(5-9-18)14-20(23)21-17-10-11-17/h4-9,12-13,17,22H,2-3,10-11,14H2,1H3,(H,21,23). The zero-order valence-electron chi connectivity index (χ0n) is 14.9. The lowest BCUT2D eigenvalue weighted by Crippen LogP contribution is -2.26. The van der Waals surface area contributed by atoms with Gasteiger partial charge in [-0.3, -0.25) is 9.52 Å². The smallest absolute Gasteiger partial charge is 0.261 e. The van der Waals surface area contributed by atoms with E-state index in [0.717, 1.165) is 36.8 Å². The number of carbonyl (C=O) groups is 1. The maximum absolute atomic E-state index is 12.5. The molecule has 1 aliphatic rings. The predicted molar refractivity (Wildman–Crippen MR) is 103 cm³/mol. The number of sulfonamides is 1. The van der Waals surface area contributed by atoms with Crippen LogP contribution in [-0.4, -0.2) is 20.4 Å². The van der Waals surface area contributed by atoms with Crippen molar-refractivity contribution in [3.8, 4) is 0 Å². The summed E-state index contributed by atoms with van der Waals surface area (Å²) in [6, 6.07) is 14.2. The van der Waals surface area contributed by atoms with Crippen LogP contribution < -0.4 is 10.0 Å². The summed E-state index contributed by atoms with van der Waals surface area (Å²) in [5.41, 5.74) is 2.46. The molecule has 2 aromatic rings. The van der Waals surface area contributed by atoms with E-state index in [4.69, 9.17) is 0 Å². The molecule has 1 aliphatic carbocycles. The van der Waals surface area contributed by atoms with E-state index in [2.05, 4.69) is 17.0 Å². The number of hydrogen-bond acceptors (Lipinski definition) is 3. The van der Waals surface area contributed by atoms with E-state index in [9.17, 15) is 13.2 Å². The number of amides is 1. The third kappa shape index (κ3) is 5.08. The average Bonchev–Trinajstić information content (AvgIpc) is 3.41. The Balaban J connectivity index is 1.62. The van der Waals surface area contributed by atoms with Crippen LogP contribution in [0.2, 0.25) is 0 Å². The number of hydrogen-bond donors (Lipinski definition) is 2. The van der Waals surface area contributed by atoms with Gasteiger partial charge in [0.15, 0.2) is 0 Å². The summed E-state index contributed by atoms with van der Waals surface area (Å²) < 4.78 is 27.6. The van der Waals surface area contributed by atoms with Gasteiger partial charge in [0, 0.05) is 11.7 Å². The van der Waals surface area contributed by atoms with Crippen LogP contribution in [0.3, 0.4) is 0 Å². The molecule has 5 nitrogen and oxygen atoms in total. The normalized spacial score (nSPS) is 14.0. The first-order valence-corrected chi connectivity index (χ1v) is 10.4. The van der Waals surface area contributed by atoms with Crippen LogP contribution in [0.1, 0.15) is 37.3 Å². The third-order valence-electron chi connectivity index (χ3n) is 4.29. The van der Waals surface area contributed by atoms with Crippen LogP contribution in [0, 0.1) is 0 Å². The molecule has 2 aromatic carbocycles. The summed E-state index contributed by atoms with van der Waals surface area (Å²) in [6.07, 6.45) is 4.39. The molecular weight excluding hydrogens is 348 g/mol. The second-order valence-electron chi connectivity index (χ2n) is 6.71. The Labute approximate surface area is 154 Å². The highest BCUT2D eigenvalue weighted by Gasteiger charge is 2.23. The Morgan fingerprint density at radius 3 is 2.19 bits per heavy atom. The third-order valence-corrected chi connectivity index (χ3v) is 5.68. The molecule has 2 N–H and O–H groups in total. The van der Waals surface area contributed by atoms with Gasteiger partial charge in [-0.1, -0.05) is 37.6 Å². The lowest BCUT2D eigenvalue weighted by atomic mass is 10.1. The van der Waals surface area contributed by atoms with Crippen molar-refractivity contribution in [1.82, 2.24) is 5.32 Å². The molecule has 1 amide bonds. The van der Waals surface area contributed by atoms with Crippen molar-refractivity contribution in [1.29, 1.82) is 0 Å². The number of nitrogens with one attached hydrogen (secondary N) is 2. The Bertz CT molecular complexity index is 855. The summed E-state index contributed by atoms with van der Waals surface area (Å²) in [5.74, 6) is 0.00741. The minimum absolute atomic E-state index is 0.00741. The molecule has 0 radical (unpaired) electrons. The van der Waals surface area contributed by atoms with Crippen LogP contribution in [-0.2, 0) is 27.7 Å². The van der Waals surface area contributed by atoms with E-state index < -0.39 is 10.0 Å². The molecule has 0 spiro atoms. The lowest BCUT2D eigenvalue weighted by Gasteiger charge is -2.10. The van der Waals surface area contributed by atoms with Gasteiger partial charge in [0.05, 0.1) is 11.3 Å². The molecule has 26 heavy (non-hydrogen) atoms. The fourth-order valence-electron chi connectivity index (χ4n) is 2.72. The summed E-state index contributed by atoms with van der Waals surface area (Å²) in [4.78, 5) is 12.1. The molecule has 0 aromatic heterocycles. The van der Waals surface area contributed by atoms with Gasteiger partial charge in [0.2, 0.25) is 5.91 Å². The Hall–Kier alpha value is -2.34. The fourth-order valence-corrected chi connectivity index (χ4v) is 3.78. The van der Waals surface area contributed by atoms with Crippen LogP contribution in [0.25, 0.3) is 0 Å². The quantitative estimate of drug-likeness (QED) is 0.747. The number of benzene rings is 2. The molecule has 0 heterocycles. The van der Waals surface area contributed by atoms with Gasteiger partial charge >= 0.3 is 0 Å². The zero-order chi connectivity index (χ0) is 18.6. The first-order valence-electron chi connectivity index (χ1n) is 8.96. The molecule has 0 atom stereocenters. The highest BCUT2D eigenvalue weighted by atomic mass is 32.2. The van der Waals surface area contributed by atoms with Gasteiger partial charge in [-0.05, 0) is 54.7 Å². The lowest BCUT2D eigenvalue weighted by molar-refractivity contribution is -0.120. The van der Waals surface area contributed by atoms with Crippen LogP contribution in [0.4, 0.5) is 5.69 Å². The van der Waals surface area contributed by atoms with E-state index in [0.29, 0.717) is 18.2 Å². The number of anilines is 1. The van der Waals surface area contributed by atoms with Crippen molar-refractivity contribution in [3.63, 3.8) is 0 Å². The van der Waals surface area contributed by atoms with Crippen LogP contribution >= 0.6 is 0 Å². The molecule has 0 saturated heterocycles. The van der Waals surface area contributed by atoms with Crippen LogP contribution in [0.5, 0.6) is 0 Å². The number of rotatable bonds is 8. The van der Waals surface area contributed by atoms with Gasteiger partial charge in [-0.25, -0.2) is 8.42 Å². The second kappa shape index (κ2) is 7.91. The predicted octanol–water partition coefficient (Wildman–Crippen LogP) is 3.26. The molecule has 0 unspecified atom stereocenters. The first-order chi connectivity index (χ1) is 12.5. The summed E-state index contributed by atoms with van der Waals surface area (Å²) >= 11 is 0. The van der Waals surface area contributed by atoms with Gasteiger partial charge in [-0.2, -0.15) is 0 Å². The van der Waals surface area contributed by atoms with Crippen molar-refractivity contribution in [2.24, 2.45) is 0 Å². The Morgan fingerprint density at radius 2 is 1.62 bits per heavy atom. The minimum atomic E-state index is -3.62. The topological polar surface area (TPSA) is 75.3 Å².